The Hall–Kier alpha value is -1.68. The number of ether oxygens (including phenoxy) is 1. The Morgan fingerprint density at radius 2 is 2.00 bits per heavy atom. The van der Waals surface area contributed by atoms with E-state index in [0.717, 1.165) is 43.0 Å². The number of morpholine rings is 1. The van der Waals surface area contributed by atoms with Crippen molar-refractivity contribution in [2.24, 2.45) is 0 Å². The lowest BCUT2D eigenvalue weighted by Gasteiger charge is -2.28. The molecule has 0 spiro atoms. The van der Waals surface area contributed by atoms with E-state index in [1.807, 2.05) is 19.2 Å². The molecular formula is C13H15N3O. The van der Waals surface area contributed by atoms with E-state index in [-0.39, 0.29) is 0 Å². The molecule has 1 aliphatic rings. The number of aryl methyl sites for hydroxylation is 1. The van der Waals surface area contributed by atoms with Crippen molar-refractivity contribution in [2.45, 2.75) is 6.92 Å². The number of rotatable bonds is 1. The molecule has 4 heteroatoms. The van der Waals surface area contributed by atoms with Gasteiger partial charge < -0.3 is 9.64 Å². The molecule has 0 bridgehead atoms. The van der Waals surface area contributed by atoms with Crippen molar-refractivity contribution in [2.75, 3.05) is 31.2 Å². The average Bonchev–Trinajstić information content (AvgIpc) is 2.39. The van der Waals surface area contributed by atoms with Crippen molar-refractivity contribution in [3.8, 4) is 0 Å². The van der Waals surface area contributed by atoms with Gasteiger partial charge in [-0.1, -0.05) is 0 Å². The van der Waals surface area contributed by atoms with Crippen LogP contribution in [-0.4, -0.2) is 36.3 Å². The largest absolute Gasteiger partial charge is 0.378 e. The van der Waals surface area contributed by atoms with Crippen LogP contribution in [0.25, 0.3) is 11.0 Å². The number of nitrogens with zero attached hydrogens (tertiary/aromatic N) is 3. The molecule has 1 fully saturated rings. The van der Waals surface area contributed by atoms with Gasteiger partial charge in [-0.25, -0.2) is 4.98 Å². The highest BCUT2D eigenvalue weighted by molar-refractivity contribution is 5.78. The quantitative estimate of drug-likeness (QED) is 0.747. The van der Waals surface area contributed by atoms with E-state index >= 15 is 0 Å². The van der Waals surface area contributed by atoms with Crippen LogP contribution in [0.15, 0.2) is 24.4 Å². The standard InChI is InChI=1S/C13H15N3O/c1-10-9-14-13-8-11(2-3-12(13)15-10)16-4-6-17-7-5-16/h2-3,8-9H,4-7H2,1H3. The zero-order chi connectivity index (χ0) is 11.7. The predicted molar refractivity (Wildman–Crippen MR) is 67.3 cm³/mol. The number of hydrogen-bond donors (Lipinski definition) is 0. The fourth-order valence-corrected chi connectivity index (χ4v) is 2.11. The zero-order valence-electron chi connectivity index (χ0n) is 9.89. The first-order valence-electron chi connectivity index (χ1n) is 5.89. The molecule has 0 radical (unpaired) electrons. The molecule has 1 aliphatic heterocycles. The van der Waals surface area contributed by atoms with Crippen molar-refractivity contribution < 1.29 is 4.74 Å². The molecule has 4 nitrogen and oxygen atoms in total. The van der Waals surface area contributed by atoms with Gasteiger partial charge in [0.05, 0.1) is 29.9 Å². The summed E-state index contributed by atoms with van der Waals surface area (Å²) in [4.78, 5) is 11.2. The summed E-state index contributed by atoms with van der Waals surface area (Å²) < 4.78 is 5.35. The summed E-state index contributed by atoms with van der Waals surface area (Å²) in [6.45, 7) is 5.47. The van der Waals surface area contributed by atoms with Gasteiger partial charge in [-0.2, -0.15) is 0 Å². The van der Waals surface area contributed by atoms with E-state index in [2.05, 4.69) is 27.0 Å². The third-order valence-corrected chi connectivity index (χ3v) is 3.02. The monoisotopic (exact) mass is 229 g/mol. The molecule has 0 amide bonds. The molecule has 2 heterocycles. The Morgan fingerprint density at radius 3 is 2.82 bits per heavy atom. The zero-order valence-corrected chi connectivity index (χ0v) is 9.89. The highest BCUT2D eigenvalue weighted by Gasteiger charge is 2.11. The van der Waals surface area contributed by atoms with E-state index in [1.54, 1.807) is 0 Å². The Labute approximate surface area is 100 Å². The van der Waals surface area contributed by atoms with E-state index in [9.17, 15) is 0 Å². The third kappa shape index (κ3) is 2.08. The first kappa shape index (κ1) is 10.5. The third-order valence-electron chi connectivity index (χ3n) is 3.02. The summed E-state index contributed by atoms with van der Waals surface area (Å²) in [5.74, 6) is 0. The fourth-order valence-electron chi connectivity index (χ4n) is 2.11. The molecule has 0 aliphatic carbocycles. The Bertz CT molecular complexity index is 535. The summed E-state index contributed by atoms with van der Waals surface area (Å²) in [6, 6.07) is 6.26. The van der Waals surface area contributed by atoms with Gasteiger partial charge >= 0.3 is 0 Å². The van der Waals surface area contributed by atoms with Crippen molar-refractivity contribution in [1.82, 2.24) is 9.97 Å². The van der Waals surface area contributed by atoms with E-state index < -0.39 is 0 Å². The normalized spacial score (nSPS) is 16.4. The van der Waals surface area contributed by atoms with E-state index in [1.165, 1.54) is 5.69 Å². The van der Waals surface area contributed by atoms with Gasteiger partial charge in [0.25, 0.3) is 0 Å². The molecule has 1 aromatic carbocycles. The number of fused-ring (bicyclic) bond motifs is 1. The van der Waals surface area contributed by atoms with E-state index in [0.29, 0.717) is 0 Å². The Morgan fingerprint density at radius 1 is 1.18 bits per heavy atom. The number of aromatic nitrogens is 2. The maximum atomic E-state index is 5.35. The van der Waals surface area contributed by atoms with Gasteiger partial charge in [-0.3, -0.25) is 4.98 Å². The summed E-state index contributed by atoms with van der Waals surface area (Å²) in [6.07, 6.45) is 1.81. The fraction of sp³-hybridized carbons (Fsp3) is 0.385. The second kappa shape index (κ2) is 4.30. The number of anilines is 1. The molecule has 0 N–H and O–H groups in total. The van der Waals surface area contributed by atoms with Gasteiger partial charge in [0.2, 0.25) is 0 Å². The summed E-state index contributed by atoms with van der Waals surface area (Å²) >= 11 is 0. The minimum atomic E-state index is 0.803. The van der Waals surface area contributed by atoms with Gasteiger partial charge in [-0.05, 0) is 25.1 Å². The lowest BCUT2D eigenvalue weighted by molar-refractivity contribution is 0.122. The van der Waals surface area contributed by atoms with Gasteiger partial charge in [0.1, 0.15) is 0 Å². The molecule has 0 atom stereocenters. The first-order chi connectivity index (χ1) is 8.33. The molecular weight excluding hydrogens is 214 g/mol. The molecule has 1 saturated heterocycles. The van der Waals surface area contributed by atoms with Crippen LogP contribution in [-0.2, 0) is 4.74 Å². The van der Waals surface area contributed by atoms with Gasteiger partial charge in [0, 0.05) is 25.0 Å². The van der Waals surface area contributed by atoms with Gasteiger partial charge in [-0.15, -0.1) is 0 Å². The SMILES string of the molecule is Cc1cnc2cc(N3CCOCC3)ccc2n1. The topological polar surface area (TPSA) is 38.2 Å². The van der Waals surface area contributed by atoms with Crippen molar-refractivity contribution in [3.63, 3.8) is 0 Å². The number of hydrogen-bond acceptors (Lipinski definition) is 4. The minimum absolute atomic E-state index is 0.803. The molecule has 3 rings (SSSR count). The van der Waals surface area contributed by atoms with Crippen LogP contribution in [0.5, 0.6) is 0 Å². The van der Waals surface area contributed by atoms with Crippen LogP contribution in [0, 0.1) is 6.92 Å². The predicted octanol–water partition coefficient (Wildman–Crippen LogP) is 1.77. The minimum Gasteiger partial charge on any atom is -0.378 e. The van der Waals surface area contributed by atoms with Crippen molar-refractivity contribution in [3.05, 3.63) is 30.1 Å². The highest BCUT2D eigenvalue weighted by Crippen LogP contribution is 2.20. The molecule has 88 valence electrons. The maximum absolute atomic E-state index is 5.35. The summed E-state index contributed by atoms with van der Waals surface area (Å²) in [7, 11) is 0. The van der Waals surface area contributed by atoms with Crippen LogP contribution in [0.3, 0.4) is 0 Å². The van der Waals surface area contributed by atoms with Crippen LogP contribution < -0.4 is 4.90 Å². The average molecular weight is 229 g/mol. The Balaban J connectivity index is 1.98. The van der Waals surface area contributed by atoms with Gasteiger partial charge in [0.15, 0.2) is 0 Å². The molecule has 1 aromatic heterocycles. The first-order valence-corrected chi connectivity index (χ1v) is 5.89. The van der Waals surface area contributed by atoms with E-state index in [4.69, 9.17) is 4.74 Å². The van der Waals surface area contributed by atoms with Crippen molar-refractivity contribution in [1.29, 1.82) is 0 Å². The second-order valence-electron chi connectivity index (χ2n) is 4.28. The molecule has 0 saturated carbocycles. The summed E-state index contributed by atoms with van der Waals surface area (Å²) in [5, 5.41) is 0. The van der Waals surface area contributed by atoms with Crippen LogP contribution in [0.1, 0.15) is 5.69 Å². The molecule has 17 heavy (non-hydrogen) atoms. The van der Waals surface area contributed by atoms with Crippen LogP contribution >= 0.6 is 0 Å². The summed E-state index contributed by atoms with van der Waals surface area (Å²) in [5.41, 5.74) is 4.08. The number of benzene rings is 1. The smallest absolute Gasteiger partial charge is 0.0907 e. The van der Waals surface area contributed by atoms with Crippen molar-refractivity contribution >= 4 is 16.7 Å². The maximum Gasteiger partial charge on any atom is 0.0907 e. The lowest BCUT2D eigenvalue weighted by Crippen LogP contribution is -2.36. The lowest BCUT2D eigenvalue weighted by atomic mass is 10.2. The van der Waals surface area contributed by atoms with Crippen LogP contribution in [0.4, 0.5) is 5.69 Å². The highest BCUT2D eigenvalue weighted by atomic mass is 16.5. The Kier molecular flexibility index (Phi) is 2.65. The molecule has 2 aromatic rings. The van der Waals surface area contributed by atoms with Crippen LogP contribution in [0.2, 0.25) is 0 Å². The second-order valence-corrected chi connectivity index (χ2v) is 4.28. The molecule has 0 unspecified atom stereocenters.